The molecule has 4 rings (SSSR count). The monoisotopic (exact) mass is 473 g/mol. The van der Waals surface area contributed by atoms with Crippen LogP contribution in [0.4, 0.5) is 4.39 Å². The zero-order valence-corrected chi connectivity index (χ0v) is 19.8. The lowest BCUT2D eigenvalue weighted by Crippen LogP contribution is -2.46. The quantitative estimate of drug-likeness (QED) is 0.338. The number of hydrogen-bond donors (Lipinski definition) is 3. The molecule has 3 aromatic rings. The SMILES string of the molecule is O=C(N[C@@H](CCCCN[C@H]1C[C@@H]1c1ccccc1)C(=O)NCc1ccccc1)c1ccc(F)cc1. The van der Waals surface area contributed by atoms with E-state index in [9.17, 15) is 14.0 Å². The molecule has 35 heavy (non-hydrogen) atoms. The molecule has 0 heterocycles. The molecule has 2 amide bonds. The molecule has 0 bridgehead atoms. The summed E-state index contributed by atoms with van der Waals surface area (Å²) in [6, 6.07) is 25.4. The molecule has 6 heteroatoms. The second-order valence-corrected chi connectivity index (χ2v) is 9.05. The minimum Gasteiger partial charge on any atom is -0.350 e. The predicted octanol–water partition coefficient (Wildman–Crippen LogP) is 4.56. The van der Waals surface area contributed by atoms with E-state index in [1.165, 1.54) is 29.8 Å². The Balaban J connectivity index is 1.25. The molecule has 0 aromatic heterocycles. The summed E-state index contributed by atoms with van der Waals surface area (Å²) in [4.78, 5) is 25.6. The van der Waals surface area contributed by atoms with Gasteiger partial charge in [0.1, 0.15) is 11.9 Å². The van der Waals surface area contributed by atoms with Gasteiger partial charge in [0.2, 0.25) is 5.91 Å². The highest BCUT2D eigenvalue weighted by Gasteiger charge is 2.37. The lowest BCUT2D eigenvalue weighted by atomic mass is 10.1. The number of halogens is 1. The fourth-order valence-electron chi connectivity index (χ4n) is 4.27. The van der Waals surface area contributed by atoms with Crippen LogP contribution in [0.5, 0.6) is 0 Å². The van der Waals surface area contributed by atoms with Crippen molar-refractivity contribution in [3.8, 4) is 0 Å². The molecule has 5 nitrogen and oxygen atoms in total. The highest BCUT2D eigenvalue weighted by molar-refractivity contribution is 5.97. The highest BCUT2D eigenvalue weighted by Crippen LogP contribution is 2.40. The van der Waals surface area contributed by atoms with Gasteiger partial charge < -0.3 is 16.0 Å². The topological polar surface area (TPSA) is 70.2 Å². The van der Waals surface area contributed by atoms with Crippen LogP contribution in [0, 0.1) is 5.82 Å². The lowest BCUT2D eigenvalue weighted by Gasteiger charge is -2.19. The van der Waals surface area contributed by atoms with Crippen LogP contribution in [-0.4, -0.2) is 30.4 Å². The van der Waals surface area contributed by atoms with E-state index in [1.54, 1.807) is 0 Å². The van der Waals surface area contributed by atoms with E-state index in [4.69, 9.17) is 0 Å². The van der Waals surface area contributed by atoms with Crippen LogP contribution in [0.1, 0.15) is 53.1 Å². The maximum atomic E-state index is 13.2. The van der Waals surface area contributed by atoms with E-state index < -0.39 is 11.9 Å². The third kappa shape index (κ3) is 7.49. The van der Waals surface area contributed by atoms with Gasteiger partial charge in [-0.05, 0) is 67.6 Å². The standard InChI is InChI=1S/C29H32FN3O2/c30-24-16-14-23(15-17-24)28(34)33-26(29(35)32-20-21-9-3-1-4-10-21)13-7-8-18-31-27-19-25(27)22-11-5-2-6-12-22/h1-6,9-12,14-17,25-27,31H,7-8,13,18-20H2,(H,32,35)(H,33,34)/t25-,26+,27+/m1/s1. The number of carbonyl (C=O) groups excluding carboxylic acids is 2. The average molecular weight is 474 g/mol. The molecule has 1 aliphatic rings. The van der Waals surface area contributed by atoms with Crippen LogP contribution in [0.2, 0.25) is 0 Å². The minimum atomic E-state index is -0.658. The maximum absolute atomic E-state index is 13.2. The molecule has 0 spiro atoms. The van der Waals surface area contributed by atoms with E-state index in [0.29, 0.717) is 30.5 Å². The summed E-state index contributed by atoms with van der Waals surface area (Å²) in [7, 11) is 0. The molecule has 182 valence electrons. The molecular weight excluding hydrogens is 441 g/mol. The first-order valence-corrected chi connectivity index (χ1v) is 12.3. The van der Waals surface area contributed by atoms with Crippen molar-refractivity contribution in [1.82, 2.24) is 16.0 Å². The molecule has 0 radical (unpaired) electrons. The smallest absolute Gasteiger partial charge is 0.251 e. The van der Waals surface area contributed by atoms with Crippen LogP contribution in [0.25, 0.3) is 0 Å². The van der Waals surface area contributed by atoms with Gasteiger partial charge in [0, 0.05) is 24.1 Å². The number of nitrogens with one attached hydrogen (secondary N) is 3. The average Bonchev–Trinajstić information content (AvgIpc) is 3.67. The van der Waals surface area contributed by atoms with Crippen LogP contribution in [0.15, 0.2) is 84.9 Å². The molecule has 1 saturated carbocycles. The Bertz CT molecular complexity index is 1090. The molecular formula is C29H32FN3O2. The third-order valence-electron chi connectivity index (χ3n) is 6.38. The van der Waals surface area contributed by atoms with Gasteiger partial charge in [0.25, 0.3) is 5.91 Å². The second-order valence-electron chi connectivity index (χ2n) is 9.05. The molecule has 0 unspecified atom stereocenters. The molecule has 3 atom stereocenters. The largest absolute Gasteiger partial charge is 0.350 e. The van der Waals surface area contributed by atoms with Crippen LogP contribution in [0.3, 0.4) is 0 Å². The van der Waals surface area contributed by atoms with Gasteiger partial charge >= 0.3 is 0 Å². The molecule has 3 N–H and O–H groups in total. The summed E-state index contributed by atoms with van der Waals surface area (Å²) in [5.74, 6) is -0.422. The maximum Gasteiger partial charge on any atom is 0.251 e. The molecule has 3 aromatic carbocycles. The fourth-order valence-corrected chi connectivity index (χ4v) is 4.27. The third-order valence-corrected chi connectivity index (χ3v) is 6.38. The molecule has 1 fully saturated rings. The zero-order valence-electron chi connectivity index (χ0n) is 19.8. The summed E-state index contributed by atoms with van der Waals surface area (Å²) in [5, 5.41) is 9.37. The van der Waals surface area contributed by atoms with Crippen molar-refractivity contribution in [3.63, 3.8) is 0 Å². The Labute approximate surface area is 206 Å². The molecule has 0 saturated heterocycles. The van der Waals surface area contributed by atoms with Gasteiger partial charge in [0.05, 0.1) is 0 Å². The normalized spacial score (nSPS) is 17.4. The van der Waals surface area contributed by atoms with E-state index in [-0.39, 0.29) is 11.8 Å². The van der Waals surface area contributed by atoms with Gasteiger partial charge in [-0.3, -0.25) is 9.59 Å². The number of carbonyl (C=O) groups is 2. The van der Waals surface area contributed by atoms with Gasteiger partial charge in [-0.25, -0.2) is 4.39 Å². The Morgan fingerprint density at radius 1 is 0.886 bits per heavy atom. The Morgan fingerprint density at radius 3 is 2.29 bits per heavy atom. The van der Waals surface area contributed by atoms with Crippen molar-refractivity contribution < 1.29 is 14.0 Å². The van der Waals surface area contributed by atoms with Crippen molar-refractivity contribution in [2.45, 2.75) is 50.2 Å². The fraction of sp³-hybridized carbons (Fsp3) is 0.310. The minimum absolute atomic E-state index is 0.219. The van der Waals surface area contributed by atoms with E-state index >= 15 is 0 Å². The Hall–Kier alpha value is -3.51. The van der Waals surface area contributed by atoms with Crippen LogP contribution in [-0.2, 0) is 11.3 Å². The van der Waals surface area contributed by atoms with Gasteiger partial charge in [-0.2, -0.15) is 0 Å². The van der Waals surface area contributed by atoms with Gasteiger partial charge in [-0.1, -0.05) is 60.7 Å². The van der Waals surface area contributed by atoms with E-state index in [2.05, 4.69) is 40.2 Å². The van der Waals surface area contributed by atoms with Crippen LogP contribution >= 0.6 is 0 Å². The number of hydrogen-bond acceptors (Lipinski definition) is 3. The van der Waals surface area contributed by atoms with E-state index in [1.807, 2.05) is 36.4 Å². The highest BCUT2D eigenvalue weighted by atomic mass is 19.1. The second kappa shape index (κ2) is 12.3. The van der Waals surface area contributed by atoms with Gasteiger partial charge in [-0.15, -0.1) is 0 Å². The summed E-state index contributed by atoms with van der Waals surface area (Å²) < 4.78 is 13.2. The van der Waals surface area contributed by atoms with Crippen molar-refractivity contribution in [2.75, 3.05) is 6.54 Å². The molecule has 1 aliphatic carbocycles. The summed E-state index contributed by atoms with van der Waals surface area (Å²) in [6.07, 6.45) is 3.39. The Kier molecular flexibility index (Phi) is 8.63. The lowest BCUT2D eigenvalue weighted by molar-refractivity contribution is -0.123. The summed E-state index contributed by atoms with van der Waals surface area (Å²) in [5.41, 5.74) is 2.70. The Morgan fingerprint density at radius 2 is 1.57 bits per heavy atom. The molecule has 0 aliphatic heterocycles. The zero-order chi connectivity index (χ0) is 24.5. The van der Waals surface area contributed by atoms with E-state index in [0.717, 1.165) is 31.4 Å². The number of unbranched alkanes of at least 4 members (excludes halogenated alkanes) is 1. The predicted molar refractivity (Wildman–Crippen MR) is 135 cm³/mol. The summed E-state index contributed by atoms with van der Waals surface area (Å²) >= 11 is 0. The van der Waals surface area contributed by atoms with Crippen LogP contribution < -0.4 is 16.0 Å². The first-order chi connectivity index (χ1) is 17.1. The number of rotatable bonds is 12. The first-order valence-electron chi connectivity index (χ1n) is 12.3. The summed E-state index contributed by atoms with van der Waals surface area (Å²) in [6.45, 7) is 1.27. The first kappa shape index (κ1) is 24.6. The van der Waals surface area contributed by atoms with Crippen molar-refractivity contribution in [2.24, 2.45) is 0 Å². The van der Waals surface area contributed by atoms with Crippen molar-refractivity contribution in [1.29, 1.82) is 0 Å². The number of amides is 2. The van der Waals surface area contributed by atoms with Gasteiger partial charge in [0.15, 0.2) is 0 Å². The number of benzene rings is 3. The van der Waals surface area contributed by atoms with Crippen molar-refractivity contribution >= 4 is 11.8 Å². The van der Waals surface area contributed by atoms with Crippen molar-refractivity contribution in [3.05, 3.63) is 107 Å².